The van der Waals surface area contributed by atoms with E-state index in [1.165, 1.54) is 18.9 Å². The third-order valence-electron chi connectivity index (χ3n) is 5.50. The van der Waals surface area contributed by atoms with Crippen LogP contribution in [-0.4, -0.2) is 50.9 Å². The number of carbonyl (C=O) groups excluding carboxylic acids is 1. The maximum atomic E-state index is 13.4. The smallest absolute Gasteiger partial charge is 0.346 e. The molecule has 0 spiro atoms. The maximum Gasteiger partial charge on any atom is 0.346 e. The Kier molecular flexibility index (Phi) is 5.75. The number of hydrogen-bond donors (Lipinski definition) is 0. The Morgan fingerprint density at radius 2 is 1.90 bits per heavy atom. The van der Waals surface area contributed by atoms with Crippen LogP contribution in [0.1, 0.15) is 40.6 Å². The van der Waals surface area contributed by atoms with Gasteiger partial charge in [0.05, 0.1) is 26.8 Å². The summed E-state index contributed by atoms with van der Waals surface area (Å²) >= 11 is 0. The first-order valence-electron chi connectivity index (χ1n) is 10.1. The zero-order valence-electron chi connectivity index (χ0n) is 17.8. The van der Waals surface area contributed by atoms with Crippen molar-refractivity contribution in [2.24, 2.45) is 7.05 Å². The van der Waals surface area contributed by atoms with Gasteiger partial charge < -0.3 is 14.4 Å². The summed E-state index contributed by atoms with van der Waals surface area (Å²) in [5, 5.41) is 4.49. The lowest BCUT2D eigenvalue weighted by Gasteiger charge is -2.25. The Bertz CT molecular complexity index is 1140. The minimum Gasteiger partial charge on any atom is -0.481 e. The molecule has 0 N–H and O–H groups in total. The van der Waals surface area contributed by atoms with Crippen LogP contribution in [0.15, 0.2) is 47.3 Å². The molecule has 0 radical (unpaired) electrons. The average molecular weight is 423 g/mol. The van der Waals surface area contributed by atoms with Gasteiger partial charge in [0.15, 0.2) is 5.82 Å². The van der Waals surface area contributed by atoms with E-state index in [0.717, 1.165) is 18.4 Å². The molecule has 162 valence electrons. The van der Waals surface area contributed by atoms with Crippen molar-refractivity contribution in [3.05, 3.63) is 69.9 Å². The molecule has 9 nitrogen and oxygen atoms in total. The molecule has 1 saturated heterocycles. The van der Waals surface area contributed by atoms with Gasteiger partial charge in [0.25, 0.3) is 5.91 Å². The van der Waals surface area contributed by atoms with Crippen molar-refractivity contribution in [1.29, 1.82) is 0 Å². The first-order chi connectivity index (χ1) is 15.0. The van der Waals surface area contributed by atoms with Crippen LogP contribution in [0.5, 0.6) is 11.8 Å². The molecule has 0 saturated carbocycles. The van der Waals surface area contributed by atoms with Crippen LogP contribution in [0.25, 0.3) is 0 Å². The summed E-state index contributed by atoms with van der Waals surface area (Å²) in [5.74, 6) is 0.951. The van der Waals surface area contributed by atoms with Crippen LogP contribution in [0.2, 0.25) is 0 Å². The van der Waals surface area contributed by atoms with Gasteiger partial charge in [-0.25, -0.2) is 9.48 Å². The minimum absolute atomic E-state index is 0.206. The Labute approximate surface area is 179 Å². The quantitative estimate of drug-likeness (QED) is 0.602. The van der Waals surface area contributed by atoms with Crippen molar-refractivity contribution in [1.82, 2.24) is 24.2 Å². The second-order valence-electron chi connectivity index (χ2n) is 7.40. The predicted octanol–water partition coefficient (Wildman–Crippen LogP) is 2.02. The standard InChI is InChI=1S/C22H25N5O4/c1-25-22(29)27(14-15-8-5-4-6-9-15)19(24-25)17-10-7-13-26(17)21(28)16-11-12-18(30-2)23-20(16)31-3/h4-6,8-9,11-12,17H,7,10,13-14H2,1-3H3. The molecule has 9 heteroatoms. The average Bonchev–Trinajstić information content (AvgIpc) is 3.39. The molecule has 1 aliphatic rings. The highest BCUT2D eigenvalue weighted by Gasteiger charge is 2.36. The molecule has 1 aromatic carbocycles. The fourth-order valence-corrected chi connectivity index (χ4v) is 3.97. The van der Waals surface area contributed by atoms with Crippen LogP contribution in [0, 0.1) is 0 Å². The number of carbonyl (C=O) groups is 1. The van der Waals surface area contributed by atoms with Gasteiger partial charge in [0, 0.05) is 19.7 Å². The number of aromatic nitrogens is 4. The third kappa shape index (κ3) is 3.90. The Morgan fingerprint density at radius 3 is 2.61 bits per heavy atom. The number of pyridine rings is 1. The number of methoxy groups -OCH3 is 2. The number of amides is 1. The van der Waals surface area contributed by atoms with Gasteiger partial charge in [-0.3, -0.25) is 9.36 Å². The molecule has 1 amide bonds. The van der Waals surface area contributed by atoms with E-state index in [2.05, 4.69) is 10.1 Å². The number of hydrogen-bond acceptors (Lipinski definition) is 6. The minimum atomic E-state index is -0.308. The Balaban J connectivity index is 1.69. The summed E-state index contributed by atoms with van der Waals surface area (Å²) in [6, 6.07) is 12.7. The zero-order valence-corrected chi connectivity index (χ0v) is 17.8. The highest BCUT2D eigenvalue weighted by Crippen LogP contribution is 2.33. The van der Waals surface area contributed by atoms with Gasteiger partial charge in [-0.05, 0) is 24.5 Å². The van der Waals surface area contributed by atoms with Gasteiger partial charge in [0.1, 0.15) is 5.56 Å². The second-order valence-corrected chi connectivity index (χ2v) is 7.40. The van der Waals surface area contributed by atoms with E-state index in [4.69, 9.17) is 9.47 Å². The van der Waals surface area contributed by atoms with Crippen molar-refractivity contribution in [2.75, 3.05) is 20.8 Å². The highest BCUT2D eigenvalue weighted by molar-refractivity contribution is 5.96. The lowest BCUT2D eigenvalue weighted by molar-refractivity contribution is 0.0722. The van der Waals surface area contributed by atoms with Gasteiger partial charge >= 0.3 is 5.69 Å². The molecule has 3 aromatic rings. The molecule has 0 bridgehead atoms. The van der Waals surface area contributed by atoms with Crippen molar-refractivity contribution in [3.63, 3.8) is 0 Å². The number of aryl methyl sites for hydroxylation is 1. The fraction of sp³-hybridized carbons (Fsp3) is 0.364. The summed E-state index contributed by atoms with van der Waals surface area (Å²) in [6.07, 6.45) is 1.54. The van der Waals surface area contributed by atoms with Crippen molar-refractivity contribution in [3.8, 4) is 11.8 Å². The molecule has 31 heavy (non-hydrogen) atoms. The van der Waals surface area contributed by atoms with E-state index in [-0.39, 0.29) is 23.5 Å². The molecule has 1 aliphatic heterocycles. The lowest BCUT2D eigenvalue weighted by Crippen LogP contribution is -2.33. The maximum absolute atomic E-state index is 13.4. The second kappa shape index (κ2) is 8.63. The first kappa shape index (κ1) is 20.6. The molecular formula is C22H25N5O4. The van der Waals surface area contributed by atoms with E-state index in [1.54, 1.807) is 28.6 Å². The summed E-state index contributed by atoms with van der Waals surface area (Å²) < 4.78 is 13.4. The van der Waals surface area contributed by atoms with E-state index >= 15 is 0 Å². The van der Waals surface area contributed by atoms with Gasteiger partial charge in [0.2, 0.25) is 11.8 Å². The predicted molar refractivity (Wildman–Crippen MR) is 113 cm³/mol. The SMILES string of the molecule is COc1ccc(C(=O)N2CCCC2c2nn(C)c(=O)n2Cc2ccccc2)c(OC)n1. The summed E-state index contributed by atoms with van der Waals surface area (Å²) in [5.41, 5.74) is 1.14. The van der Waals surface area contributed by atoms with Gasteiger partial charge in [-0.15, -0.1) is 0 Å². The number of likely N-dealkylation sites (tertiary alicyclic amines) is 1. The topological polar surface area (TPSA) is 91.5 Å². The van der Waals surface area contributed by atoms with Crippen molar-refractivity contribution in [2.45, 2.75) is 25.4 Å². The van der Waals surface area contributed by atoms with Gasteiger partial charge in [-0.2, -0.15) is 10.1 Å². The van der Waals surface area contributed by atoms with E-state index in [1.807, 2.05) is 30.3 Å². The third-order valence-corrected chi connectivity index (χ3v) is 5.50. The highest BCUT2D eigenvalue weighted by atomic mass is 16.5. The summed E-state index contributed by atoms with van der Waals surface area (Å²) in [6.45, 7) is 0.962. The van der Waals surface area contributed by atoms with E-state index < -0.39 is 0 Å². The molecule has 1 fully saturated rings. The number of benzene rings is 1. The molecule has 2 aromatic heterocycles. The molecule has 1 atom stereocenters. The van der Waals surface area contributed by atoms with Crippen LogP contribution in [-0.2, 0) is 13.6 Å². The molecular weight excluding hydrogens is 398 g/mol. The van der Waals surface area contributed by atoms with Crippen LogP contribution < -0.4 is 15.2 Å². The molecule has 0 aliphatic carbocycles. The van der Waals surface area contributed by atoms with Crippen molar-refractivity contribution >= 4 is 5.91 Å². The van der Waals surface area contributed by atoms with Crippen LogP contribution in [0.3, 0.4) is 0 Å². The molecule has 3 heterocycles. The molecule has 4 rings (SSSR count). The lowest BCUT2D eigenvalue weighted by atomic mass is 10.1. The first-order valence-corrected chi connectivity index (χ1v) is 10.1. The fourth-order valence-electron chi connectivity index (χ4n) is 3.97. The van der Waals surface area contributed by atoms with E-state index in [9.17, 15) is 9.59 Å². The van der Waals surface area contributed by atoms with Gasteiger partial charge in [-0.1, -0.05) is 30.3 Å². The van der Waals surface area contributed by atoms with Crippen LogP contribution in [0.4, 0.5) is 0 Å². The van der Waals surface area contributed by atoms with Crippen molar-refractivity contribution < 1.29 is 14.3 Å². The van der Waals surface area contributed by atoms with Crippen LogP contribution >= 0.6 is 0 Å². The molecule has 1 unspecified atom stereocenters. The largest absolute Gasteiger partial charge is 0.481 e. The summed E-state index contributed by atoms with van der Waals surface area (Å²) in [7, 11) is 4.61. The number of nitrogens with zero attached hydrogens (tertiary/aromatic N) is 5. The number of rotatable bonds is 6. The normalized spacial score (nSPS) is 15.8. The zero-order chi connectivity index (χ0) is 22.0. The Hall–Kier alpha value is -3.62. The summed E-state index contributed by atoms with van der Waals surface area (Å²) in [4.78, 5) is 32.2. The van der Waals surface area contributed by atoms with E-state index in [0.29, 0.717) is 30.4 Å². The number of ether oxygens (including phenoxy) is 2. The monoisotopic (exact) mass is 423 g/mol. The Morgan fingerprint density at radius 1 is 1.13 bits per heavy atom.